The fourth-order valence-corrected chi connectivity index (χ4v) is 2.73. The summed E-state index contributed by atoms with van der Waals surface area (Å²) in [6.45, 7) is 1.75. The van der Waals surface area contributed by atoms with Gasteiger partial charge in [0.25, 0.3) is 0 Å². The summed E-state index contributed by atoms with van der Waals surface area (Å²) >= 11 is 0. The van der Waals surface area contributed by atoms with E-state index in [-0.39, 0.29) is 11.4 Å². The van der Waals surface area contributed by atoms with Gasteiger partial charge in [0.05, 0.1) is 23.6 Å². The average Bonchev–Trinajstić information content (AvgIpc) is 2.38. The molecule has 0 unspecified atom stereocenters. The number of nitrogens with one attached hydrogen (secondary N) is 1. The minimum atomic E-state index is -0.358. The van der Waals surface area contributed by atoms with E-state index >= 15 is 0 Å². The first-order valence-electron chi connectivity index (χ1n) is 6.20. The summed E-state index contributed by atoms with van der Waals surface area (Å²) in [5.41, 5.74) is 0.786. The molecule has 1 N–H and O–H groups in total. The number of carbonyl (C=O) groups is 1. The summed E-state index contributed by atoms with van der Waals surface area (Å²) in [6.07, 6.45) is 2.14. The predicted octanol–water partition coefficient (Wildman–Crippen LogP) is 1.65. The molecule has 0 amide bonds. The molecule has 0 bridgehead atoms. The van der Waals surface area contributed by atoms with Crippen LogP contribution in [0.2, 0.25) is 0 Å². The number of ether oxygens (including phenoxy) is 1. The second-order valence-electron chi connectivity index (χ2n) is 4.96. The molecule has 1 spiro atoms. The molecule has 1 saturated heterocycles. The van der Waals surface area contributed by atoms with Crippen LogP contribution in [0.5, 0.6) is 5.75 Å². The summed E-state index contributed by atoms with van der Waals surface area (Å²) < 4.78 is 6.06. The monoisotopic (exact) mass is 242 g/mol. The summed E-state index contributed by atoms with van der Waals surface area (Å²) in [4.78, 5) is 12.2. The van der Waals surface area contributed by atoms with Crippen LogP contribution in [0.25, 0.3) is 0 Å². The lowest BCUT2D eigenvalue weighted by Gasteiger charge is -2.40. The van der Waals surface area contributed by atoms with Gasteiger partial charge in [0.2, 0.25) is 0 Å². The Hall–Kier alpha value is -1.86. The average molecular weight is 242 g/mol. The lowest BCUT2D eigenvalue weighted by atomic mass is 9.83. The number of nitriles is 1. The summed E-state index contributed by atoms with van der Waals surface area (Å²) in [5.74, 6) is 0.704. The third-order valence-electron chi connectivity index (χ3n) is 3.74. The van der Waals surface area contributed by atoms with Crippen LogP contribution in [0.3, 0.4) is 0 Å². The van der Waals surface area contributed by atoms with Crippen LogP contribution in [0, 0.1) is 11.3 Å². The molecule has 0 saturated carbocycles. The number of hydrogen-bond acceptors (Lipinski definition) is 4. The maximum absolute atomic E-state index is 12.2. The van der Waals surface area contributed by atoms with Crippen molar-refractivity contribution in [2.75, 3.05) is 13.1 Å². The first-order valence-corrected chi connectivity index (χ1v) is 6.20. The molecular formula is C14H14N2O2. The molecule has 4 nitrogen and oxygen atoms in total. The van der Waals surface area contributed by atoms with Crippen LogP contribution in [-0.2, 0) is 0 Å². The van der Waals surface area contributed by atoms with Crippen LogP contribution >= 0.6 is 0 Å². The van der Waals surface area contributed by atoms with Crippen molar-refractivity contribution in [2.24, 2.45) is 0 Å². The van der Waals surface area contributed by atoms with E-state index in [9.17, 15) is 4.79 Å². The van der Waals surface area contributed by atoms with E-state index in [0.29, 0.717) is 23.3 Å². The molecule has 0 aromatic heterocycles. The highest BCUT2D eigenvalue weighted by Gasteiger charge is 2.41. The number of carbonyl (C=O) groups excluding carboxylic acids is 1. The Morgan fingerprint density at radius 1 is 1.33 bits per heavy atom. The van der Waals surface area contributed by atoms with Gasteiger partial charge in [-0.3, -0.25) is 4.79 Å². The van der Waals surface area contributed by atoms with Crippen molar-refractivity contribution in [3.05, 3.63) is 29.3 Å². The van der Waals surface area contributed by atoms with Crippen molar-refractivity contribution in [3.63, 3.8) is 0 Å². The Morgan fingerprint density at radius 2 is 2.11 bits per heavy atom. The Kier molecular flexibility index (Phi) is 2.57. The molecule has 2 aliphatic rings. The van der Waals surface area contributed by atoms with Gasteiger partial charge >= 0.3 is 0 Å². The molecule has 1 aromatic carbocycles. The van der Waals surface area contributed by atoms with Crippen molar-refractivity contribution >= 4 is 5.78 Å². The van der Waals surface area contributed by atoms with Gasteiger partial charge in [-0.15, -0.1) is 0 Å². The maximum Gasteiger partial charge on any atom is 0.170 e. The van der Waals surface area contributed by atoms with Crippen molar-refractivity contribution in [3.8, 4) is 11.8 Å². The lowest BCUT2D eigenvalue weighted by Crippen LogP contribution is -2.49. The number of benzene rings is 1. The second kappa shape index (κ2) is 4.11. The topological polar surface area (TPSA) is 62.1 Å². The van der Waals surface area contributed by atoms with E-state index in [1.54, 1.807) is 18.2 Å². The molecule has 3 rings (SSSR count). The third kappa shape index (κ3) is 1.77. The molecule has 0 radical (unpaired) electrons. The minimum absolute atomic E-state index is 0.127. The molecule has 1 aromatic rings. The van der Waals surface area contributed by atoms with Gasteiger partial charge in [0, 0.05) is 12.8 Å². The molecule has 4 heteroatoms. The Morgan fingerprint density at radius 3 is 2.83 bits per heavy atom. The molecule has 0 atom stereocenters. The highest BCUT2D eigenvalue weighted by molar-refractivity contribution is 6.00. The predicted molar refractivity (Wildman–Crippen MR) is 65.6 cm³/mol. The molecule has 0 aliphatic carbocycles. The first-order chi connectivity index (χ1) is 8.72. The number of fused-ring (bicyclic) bond motifs is 1. The molecule has 2 heterocycles. The molecule has 92 valence electrons. The van der Waals surface area contributed by atoms with Crippen LogP contribution < -0.4 is 10.1 Å². The quantitative estimate of drug-likeness (QED) is 0.751. The van der Waals surface area contributed by atoms with Crippen molar-refractivity contribution in [1.82, 2.24) is 5.32 Å². The van der Waals surface area contributed by atoms with E-state index in [1.807, 2.05) is 0 Å². The van der Waals surface area contributed by atoms with Crippen molar-refractivity contribution in [2.45, 2.75) is 24.9 Å². The largest absolute Gasteiger partial charge is 0.486 e. The van der Waals surface area contributed by atoms with Gasteiger partial charge in [-0.25, -0.2) is 0 Å². The van der Waals surface area contributed by atoms with E-state index in [0.717, 1.165) is 25.9 Å². The zero-order chi connectivity index (χ0) is 12.6. The summed E-state index contributed by atoms with van der Waals surface area (Å²) in [5, 5.41) is 12.2. The highest BCUT2D eigenvalue weighted by atomic mass is 16.5. The van der Waals surface area contributed by atoms with Crippen LogP contribution in [-0.4, -0.2) is 24.5 Å². The Balaban J connectivity index is 2.00. The lowest BCUT2D eigenvalue weighted by molar-refractivity contribution is 0.0187. The van der Waals surface area contributed by atoms with E-state index in [4.69, 9.17) is 10.00 Å². The first kappa shape index (κ1) is 11.2. The van der Waals surface area contributed by atoms with Gasteiger partial charge in [-0.2, -0.15) is 5.26 Å². The van der Waals surface area contributed by atoms with Crippen LogP contribution in [0.4, 0.5) is 0 Å². The number of hydrogen-bond donors (Lipinski definition) is 1. The number of Topliss-reactive ketones (excluding diaryl/α,β-unsaturated/α-hetero) is 1. The third-order valence-corrected chi connectivity index (χ3v) is 3.74. The fourth-order valence-electron chi connectivity index (χ4n) is 2.73. The SMILES string of the molecule is N#Cc1ccc2c(c1)OC1(CCNCC1)CC2=O. The normalized spacial score (nSPS) is 20.9. The van der Waals surface area contributed by atoms with Crippen LogP contribution in [0.15, 0.2) is 18.2 Å². The van der Waals surface area contributed by atoms with Crippen molar-refractivity contribution in [1.29, 1.82) is 5.26 Å². The fraction of sp³-hybridized carbons (Fsp3) is 0.429. The van der Waals surface area contributed by atoms with Gasteiger partial charge < -0.3 is 10.1 Å². The van der Waals surface area contributed by atoms with Gasteiger partial charge in [-0.05, 0) is 31.3 Å². The Labute approximate surface area is 106 Å². The van der Waals surface area contributed by atoms with E-state index in [2.05, 4.69) is 11.4 Å². The van der Waals surface area contributed by atoms with Crippen molar-refractivity contribution < 1.29 is 9.53 Å². The Bertz CT molecular complexity index is 539. The molecule has 18 heavy (non-hydrogen) atoms. The van der Waals surface area contributed by atoms with E-state index < -0.39 is 0 Å². The van der Waals surface area contributed by atoms with Crippen LogP contribution in [0.1, 0.15) is 35.2 Å². The standard InChI is InChI=1S/C14H14N2O2/c15-9-10-1-2-11-12(17)8-14(18-13(11)7-10)3-5-16-6-4-14/h1-2,7,16H,3-6,8H2. The zero-order valence-electron chi connectivity index (χ0n) is 10.0. The number of ketones is 1. The molecule has 1 fully saturated rings. The zero-order valence-corrected chi connectivity index (χ0v) is 10.0. The maximum atomic E-state index is 12.2. The summed E-state index contributed by atoms with van der Waals surface area (Å²) in [7, 11) is 0. The highest BCUT2D eigenvalue weighted by Crippen LogP contribution is 2.38. The molecule has 2 aliphatic heterocycles. The smallest absolute Gasteiger partial charge is 0.170 e. The summed E-state index contributed by atoms with van der Waals surface area (Å²) in [6, 6.07) is 7.12. The number of nitrogens with zero attached hydrogens (tertiary/aromatic N) is 1. The molecular weight excluding hydrogens is 228 g/mol. The number of piperidine rings is 1. The minimum Gasteiger partial charge on any atom is -0.486 e. The number of rotatable bonds is 0. The van der Waals surface area contributed by atoms with Gasteiger partial charge in [0.1, 0.15) is 11.4 Å². The van der Waals surface area contributed by atoms with E-state index in [1.165, 1.54) is 0 Å². The second-order valence-corrected chi connectivity index (χ2v) is 4.96. The van der Waals surface area contributed by atoms with Gasteiger partial charge in [-0.1, -0.05) is 0 Å². The van der Waals surface area contributed by atoms with Gasteiger partial charge in [0.15, 0.2) is 5.78 Å².